The van der Waals surface area contributed by atoms with Crippen molar-refractivity contribution < 1.29 is 4.79 Å². The average Bonchev–Trinajstić information content (AvgIpc) is 2.86. The summed E-state index contributed by atoms with van der Waals surface area (Å²) < 4.78 is 0. The molecule has 3 aromatic carbocycles. The van der Waals surface area contributed by atoms with Crippen LogP contribution in [-0.2, 0) is 0 Å². The summed E-state index contributed by atoms with van der Waals surface area (Å²) in [6.45, 7) is 2.07. The summed E-state index contributed by atoms with van der Waals surface area (Å²) in [5, 5.41) is 11.9. The quantitative estimate of drug-likeness (QED) is 0.272. The summed E-state index contributed by atoms with van der Waals surface area (Å²) in [5.74, 6) is -0.171. The smallest absolute Gasteiger partial charge is 0.255 e. The largest absolute Gasteiger partial charge is 0.355 e. The van der Waals surface area contributed by atoms with E-state index in [0.717, 1.165) is 33.5 Å². The van der Waals surface area contributed by atoms with E-state index in [1.54, 1.807) is 24.5 Å². The van der Waals surface area contributed by atoms with E-state index in [4.69, 9.17) is 0 Å². The Hall–Kier alpha value is -4.71. The molecule has 2 aromatic heterocycles. The van der Waals surface area contributed by atoms with Gasteiger partial charge in [-0.2, -0.15) is 0 Å². The van der Waals surface area contributed by atoms with Crippen LogP contribution in [0, 0.1) is 6.92 Å². The molecule has 2 heterocycles. The lowest BCUT2D eigenvalue weighted by Crippen LogP contribution is -2.11. The molecule has 5 rings (SSSR count). The predicted octanol–water partition coefficient (Wildman–Crippen LogP) is 6.68. The monoisotopic (exact) mass is 445 g/mol. The zero-order chi connectivity index (χ0) is 23.3. The fourth-order valence-electron chi connectivity index (χ4n) is 3.72. The van der Waals surface area contributed by atoms with Crippen LogP contribution in [-0.4, -0.2) is 15.9 Å². The van der Waals surface area contributed by atoms with Crippen molar-refractivity contribution in [3.05, 3.63) is 115 Å². The number of pyridine rings is 2. The Bertz CT molecular complexity index is 1450. The van der Waals surface area contributed by atoms with Crippen molar-refractivity contribution in [2.24, 2.45) is 0 Å². The van der Waals surface area contributed by atoms with E-state index < -0.39 is 0 Å². The van der Waals surface area contributed by atoms with Gasteiger partial charge in [0.05, 0.1) is 11.9 Å². The molecule has 6 heteroatoms. The van der Waals surface area contributed by atoms with Gasteiger partial charge in [-0.3, -0.25) is 14.8 Å². The molecule has 0 fully saturated rings. The molecule has 0 bridgehead atoms. The molecule has 3 N–H and O–H groups in total. The third kappa shape index (κ3) is 4.86. The second-order valence-corrected chi connectivity index (χ2v) is 8.01. The molecule has 0 aliphatic heterocycles. The molecule has 0 radical (unpaired) electrons. The van der Waals surface area contributed by atoms with E-state index in [-0.39, 0.29) is 5.91 Å². The number of rotatable bonds is 6. The highest BCUT2D eigenvalue weighted by Crippen LogP contribution is 2.27. The van der Waals surface area contributed by atoms with Crippen molar-refractivity contribution in [3.8, 4) is 0 Å². The third-order valence-corrected chi connectivity index (χ3v) is 5.43. The number of benzene rings is 3. The van der Waals surface area contributed by atoms with Gasteiger partial charge in [0.15, 0.2) is 0 Å². The Labute approximate surface area is 197 Å². The number of nitrogens with one attached hydrogen (secondary N) is 3. The highest BCUT2D eigenvalue weighted by molar-refractivity contribution is 6.04. The van der Waals surface area contributed by atoms with E-state index in [1.807, 2.05) is 60.9 Å². The van der Waals surface area contributed by atoms with Crippen LogP contribution in [0.2, 0.25) is 0 Å². The molecule has 0 atom stereocenters. The summed E-state index contributed by atoms with van der Waals surface area (Å²) in [6.07, 6.45) is 7.12. The predicted molar refractivity (Wildman–Crippen MR) is 138 cm³/mol. The van der Waals surface area contributed by atoms with Gasteiger partial charge >= 0.3 is 0 Å². The van der Waals surface area contributed by atoms with Crippen LogP contribution < -0.4 is 16.0 Å². The van der Waals surface area contributed by atoms with E-state index >= 15 is 0 Å². The highest BCUT2D eigenvalue weighted by atomic mass is 16.1. The van der Waals surface area contributed by atoms with Gasteiger partial charge in [-0.15, -0.1) is 0 Å². The number of hydrogen-bond donors (Lipinski definition) is 3. The van der Waals surface area contributed by atoms with Gasteiger partial charge in [0, 0.05) is 57.7 Å². The summed E-state index contributed by atoms with van der Waals surface area (Å²) in [5.41, 5.74) is 6.09. The Balaban J connectivity index is 1.27. The van der Waals surface area contributed by atoms with Crippen LogP contribution >= 0.6 is 0 Å². The molecule has 0 saturated carbocycles. The van der Waals surface area contributed by atoms with Crippen LogP contribution in [0.1, 0.15) is 15.9 Å². The molecule has 6 nitrogen and oxygen atoms in total. The van der Waals surface area contributed by atoms with Gasteiger partial charge < -0.3 is 16.0 Å². The number of fused-ring (bicyclic) bond motifs is 1. The number of aryl methyl sites for hydroxylation is 1. The van der Waals surface area contributed by atoms with Gasteiger partial charge in [-0.05, 0) is 67.6 Å². The fourth-order valence-corrected chi connectivity index (χ4v) is 3.72. The van der Waals surface area contributed by atoms with Crippen LogP contribution in [0.3, 0.4) is 0 Å². The van der Waals surface area contributed by atoms with Crippen molar-refractivity contribution in [2.75, 3.05) is 16.0 Å². The Morgan fingerprint density at radius 2 is 1.47 bits per heavy atom. The molecule has 1 amide bonds. The minimum absolute atomic E-state index is 0.171. The number of nitrogens with zero attached hydrogens (tertiary/aromatic N) is 2. The van der Waals surface area contributed by atoms with Crippen molar-refractivity contribution in [1.82, 2.24) is 9.97 Å². The minimum Gasteiger partial charge on any atom is -0.355 e. The van der Waals surface area contributed by atoms with Gasteiger partial charge in [0.25, 0.3) is 5.91 Å². The highest BCUT2D eigenvalue weighted by Gasteiger charge is 2.08. The summed E-state index contributed by atoms with van der Waals surface area (Å²) >= 11 is 0. The maximum atomic E-state index is 12.8. The number of aromatic nitrogens is 2. The molecular formula is C28H23N5O. The van der Waals surface area contributed by atoms with Crippen LogP contribution in [0.25, 0.3) is 10.8 Å². The van der Waals surface area contributed by atoms with E-state index in [9.17, 15) is 4.79 Å². The average molecular weight is 446 g/mol. The standard InChI is InChI=1S/C28H23N5O/c1-19-5-6-21-17-30-18-27(26(21)15-19)32-22-9-7-20(8-10-22)28(34)33-25-4-2-3-24(16-25)31-23-11-13-29-14-12-23/h2-18,32H,1H3,(H,29,31)(H,33,34). The van der Waals surface area contributed by atoms with E-state index in [2.05, 4.69) is 51.0 Å². The number of anilines is 5. The number of amides is 1. The molecule has 0 aliphatic rings. The Morgan fingerprint density at radius 3 is 2.29 bits per heavy atom. The molecular weight excluding hydrogens is 422 g/mol. The lowest BCUT2D eigenvalue weighted by atomic mass is 10.1. The normalized spacial score (nSPS) is 10.6. The molecule has 0 aliphatic carbocycles. The van der Waals surface area contributed by atoms with Gasteiger partial charge in [0.1, 0.15) is 0 Å². The van der Waals surface area contributed by atoms with Crippen LogP contribution in [0.15, 0.2) is 104 Å². The molecule has 34 heavy (non-hydrogen) atoms. The SMILES string of the molecule is Cc1ccc2cncc(Nc3ccc(C(=O)Nc4cccc(Nc5ccncc5)c4)cc3)c2c1. The topological polar surface area (TPSA) is 78.9 Å². The van der Waals surface area contributed by atoms with Gasteiger partial charge in [0.2, 0.25) is 0 Å². The fraction of sp³-hybridized carbons (Fsp3) is 0.0357. The summed E-state index contributed by atoms with van der Waals surface area (Å²) in [6, 6.07) is 25.0. The first-order valence-electron chi connectivity index (χ1n) is 10.9. The van der Waals surface area contributed by atoms with Crippen molar-refractivity contribution in [3.63, 3.8) is 0 Å². The molecule has 0 spiro atoms. The van der Waals surface area contributed by atoms with Gasteiger partial charge in [-0.25, -0.2) is 0 Å². The Morgan fingerprint density at radius 1 is 0.706 bits per heavy atom. The molecule has 166 valence electrons. The van der Waals surface area contributed by atoms with Crippen molar-refractivity contribution in [1.29, 1.82) is 0 Å². The maximum absolute atomic E-state index is 12.8. The number of hydrogen-bond acceptors (Lipinski definition) is 5. The first-order valence-corrected chi connectivity index (χ1v) is 10.9. The zero-order valence-corrected chi connectivity index (χ0v) is 18.6. The third-order valence-electron chi connectivity index (χ3n) is 5.43. The summed E-state index contributed by atoms with van der Waals surface area (Å²) in [7, 11) is 0. The van der Waals surface area contributed by atoms with Gasteiger partial charge in [-0.1, -0.05) is 23.8 Å². The molecule has 5 aromatic rings. The summed E-state index contributed by atoms with van der Waals surface area (Å²) in [4.78, 5) is 21.1. The number of carbonyl (C=O) groups is 1. The van der Waals surface area contributed by atoms with Crippen molar-refractivity contribution >= 4 is 45.1 Å². The minimum atomic E-state index is -0.171. The molecule has 0 unspecified atom stereocenters. The number of carbonyl (C=O) groups excluding carboxylic acids is 1. The van der Waals surface area contributed by atoms with Crippen molar-refractivity contribution in [2.45, 2.75) is 6.92 Å². The Kier molecular flexibility index (Phi) is 5.86. The zero-order valence-electron chi connectivity index (χ0n) is 18.6. The molecule has 0 saturated heterocycles. The first kappa shape index (κ1) is 21.2. The van der Waals surface area contributed by atoms with E-state index in [0.29, 0.717) is 11.3 Å². The van der Waals surface area contributed by atoms with Crippen LogP contribution in [0.4, 0.5) is 28.4 Å². The first-order chi connectivity index (χ1) is 16.6. The van der Waals surface area contributed by atoms with E-state index in [1.165, 1.54) is 5.56 Å². The lowest BCUT2D eigenvalue weighted by molar-refractivity contribution is 0.102. The van der Waals surface area contributed by atoms with Crippen LogP contribution in [0.5, 0.6) is 0 Å². The lowest BCUT2D eigenvalue weighted by Gasteiger charge is -2.11. The maximum Gasteiger partial charge on any atom is 0.255 e. The second-order valence-electron chi connectivity index (χ2n) is 8.01. The second kappa shape index (κ2) is 9.42.